The number of halogens is 2. The van der Waals surface area contributed by atoms with Gasteiger partial charge in [-0.15, -0.1) is 0 Å². The number of amides is 2. The van der Waals surface area contributed by atoms with Crippen LogP contribution >= 0.6 is 27.5 Å². The van der Waals surface area contributed by atoms with Crippen LogP contribution in [0, 0.1) is 17.8 Å². The molecule has 1 saturated carbocycles. The highest BCUT2D eigenvalue weighted by molar-refractivity contribution is 9.10. The quantitative estimate of drug-likeness (QED) is 0.110. The fraction of sp³-hybridized carbons (Fsp3) is 0.306. The Hall–Kier alpha value is -3.88. The summed E-state index contributed by atoms with van der Waals surface area (Å²) in [6, 6.07) is 19.0. The van der Waals surface area contributed by atoms with Crippen LogP contribution in [0.2, 0.25) is 5.02 Å². The number of fused-ring (bicyclic) bond motifs is 2. The van der Waals surface area contributed by atoms with Crippen molar-refractivity contribution in [1.82, 2.24) is 4.98 Å². The van der Waals surface area contributed by atoms with Gasteiger partial charge in [0.15, 0.2) is 6.10 Å². The second kappa shape index (κ2) is 12.5. The Bertz CT molecular complexity index is 1840. The fourth-order valence-corrected chi connectivity index (χ4v) is 7.13. The van der Waals surface area contributed by atoms with Crippen LogP contribution < -0.4 is 4.90 Å². The lowest BCUT2D eigenvalue weighted by molar-refractivity contribution is -0.122. The van der Waals surface area contributed by atoms with E-state index in [1.54, 1.807) is 61.5 Å². The molecule has 0 N–H and O–H groups in total. The number of ether oxygens (including phenoxy) is 1. The number of pyridine rings is 1. The number of aromatic nitrogens is 1. The molecule has 0 bridgehead atoms. The molecule has 2 aliphatic rings. The van der Waals surface area contributed by atoms with Crippen LogP contribution in [-0.2, 0) is 20.7 Å². The van der Waals surface area contributed by atoms with E-state index in [1.165, 1.54) is 4.90 Å². The van der Waals surface area contributed by atoms with Gasteiger partial charge in [0, 0.05) is 26.0 Å². The van der Waals surface area contributed by atoms with E-state index < -0.39 is 12.1 Å². The molecule has 230 valence electrons. The minimum atomic E-state index is -1.04. The highest BCUT2D eigenvalue weighted by Gasteiger charge is 2.49. The molecule has 0 radical (unpaired) electrons. The number of hydrogen-bond acceptors (Lipinski definition) is 6. The first-order valence-corrected chi connectivity index (χ1v) is 16.3. The Kier molecular flexibility index (Phi) is 8.63. The molecule has 3 aromatic carbocycles. The van der Waals surface area contributed by atoms with E-state index in [2.05, 4.69) is 22.9 Å². The zero-order chi connectivity index (χ0) is 32.0. The molecule has 7 nitrogen and oxygen atoms in total. The first kappa shape index (κ1) is 31.1. The summed E-state index contributed by atoms with van der Waals surface area (Å²) in [5.74, 6) is -1.32. The number of hydrogen-bond donors (Lipinski definition) is 0. The van der Waals surface area contributed by atoms with Gasteiger partial charge >= 0.3 is 5.97 Å². The van der Waals surface area contributed by atoms with Gasteiger partial charge in [-0.1, -0.05) is 53.5 Å². The number of anilines is 1. The monoisotopic (exact) mass is 686 g/mol. The maximum atomic E-state index is 13.7. The Morgan fingerprint density at radius 1 is 1.00 bits per heavy atom. The number of rotatable bonds is 7. The average molecular weight is 688 g/mol. The average Bonchev–Trinajstić information content (AvgIpc) is 3.28. The molecule has 1 aromatic heterocycles. The summed E-state index contributed by atoms with van der Waals surface area (Å²) >= 11 is 9.52. The van der Waals surface area contributed by atoms with Crippen LogP contribution in [0.1, 0.15) is 66.3 Å². The summed E-state index contributed by atoms with van der Waals surface area (Å²) in [6.07, 6.45) is 2.07. The molecule has 4 unspecified atom stereocenters. The Balaban J connectivity index is 1.34. The number of Topliss-reactive ketones (excluding diaryl/α,β-unsaturated/α-hetero) is 1. The second-order valence-corrected chi connectivity index (χ2v) is 13.3. The largest absolute Gasteiger partial charge is 0.451 e. The molecule has 1 aliphatic carbocycles. The minimum Gasteiger partial charge on any atom is -0.451 e. The van der Waals surface area contributed by atoms with Crippen molar-refractivity contribution in [3.8, 4) is 11.3 Å². The molecular weight excluding hydrogens is 656 g/mol. The molecule has 2 amide bonds. The molecule has 6 rings (SSSR count). The van der Waals surface area contributed by atoms with Gasteiger partial charge in [0.25, 0.3) is 0 Å². The lowest BCUT2D eigenvalue weighted by Crippen LogP contribution is -2.30. The molecule has 1 aliphatic heterocycles. The SMILES string of the molecule is CCc1cc(Br)cc2c(C(=O)OC(C)C(=O)c3ccc(Cl)cc3)cc(-c3ccc(N4C(=O)C5CCC(C)CC5C4=O)cc3)nc12. The smallest absolute Gasteiger partial charge is 0.339 e. The number of nitrogens with zero attached hydrogens (tertiary/aromatic N) is 2. The normalized spacial score (nSPS) is 20.3. The molecular formula is C36H32BrClN2O5. The minimum absolute atomic E-state index is 0.126. The number of ketones is 1. The Labute approximate surface area is 275 Å². The van der Waals surface area contributed by atoms with Gasteiger partial charge in [0.05, 0.1) is 34.3 Å². The summed E-state index contributed by atoms with van der Waals surface area (Å²) in [7, 11) is 0. The van der Waals surface area contributed by atoms with Gasteiger partial charge in [0.1, 0.15) is 0 Å². The van der Waals surface area contributed by atoms with Crippen LogP contribution in [0.4, 0.5) is 5.69 Å². The summed E-state index contributed by atoms with van der Waals surface area (Å²) in [5, 5.41) is 1.10. The van der Waals surface area contributed by atoms with Crippen molar-refractivity contribution in [2.24, 2.45) is 17.8 Å². The van der Waals surface area contributed by atoms with E-state index in [9.17, 15) is 19.2 Å². The van der Waals surface area contributed by atoms with Gasteiger partial charge in [-0.3, -0.25) is 19.3 Å². The first-order chi connectivity index (χ1) is 21.5. The van der Waals surface area contributed by atoms with Crippen LogP contribution in [0.3, 0.4) is 0 Å². The standard InChI is InChI=1S/C36H32BrClN2O5/c1-4-21-16-24(37)17-28-30(36(44)45-20(3)33(41)23-6-10-25(38)11-7-23)18-31(39-32(21)28)22-8-12-26(13-9-22)40-34(42)27-14-5-19(2)15-29(27)35(40)43/h6-13,16-20,27,29H,4-5,14-15H2,1-3H3. The van der Waals surface area contributed by atoms with Crippen LogP contribution in [0.15, 0.2) is 71.2 Å². The van der Waals surface area contributed by atoms with Gasteiger partial charge in [-0.05, 0) is 98.7 Å². The Morgan fingerprint density at radius 2 is 1.69 bits per heavy atom. The number of benzene rings is 3. The van der Waals surface area contributed by atoms with Crippen molar-refractivity contribution in [2.75, 3.05) is 4.90 Å². The fourth-order valence-electron chi connectivity index (χ4n) is 6.50. The summed E-state index contributed by atoms with van der Waals surface area (Å²) in [5.41, 5.74) is 4.00. The van der Waals surface area contributed by atoms with Crippen LogP contribution in [0.25, 0.3) is 22.2 Å². The van der Waals surface area contributed by atoms with Crippen molar-refractivity contribution < 1.29 is 23.9 Å². The second-order valence-electron chi connectivity index (χ2n) is 12.0. The van der Waals surface area contributed by atoms with E-state index in [0.29, 0.717) is 50.8 Å². The van der Waals surface area contributed by atoms with E-state index in [-0.39, 0.29) is 35.0 Å². The van der Waals surface area contributed by atoms with Crippen molar-refractivity contribution in [3.05, 3.63) is 92.9 Å². The zero-order valence-corrected chi connectivity index (χ0v) is 27.5. The summed E-state index contributed by atoms with van der Waals surface area (Å²) in [6.45, 7) is 5.69. The topological polar surface area (TPSA) is 93.6 Å². The predicted molar refractivity (Wildman–Crippen MR) is 177 cm³/mol. The van der Waals surface area contributed by atoms with Crippen molar-refractivity contribution in [3.63, 3.8) is 0 Å². The molecule has 9 heteroatoms. The predicted octanol–water partition coefficient (Wildman–Crippen LogP) is 8.23. The zero-order valence-electron chi connectivity index (χ0n) is 25.2. The van der Waals surface area contributed by atoms with E-state index >= 15 is 0 Å². The van der Waals surface area contributed by atoms with E-state index in [0.717, 1.165) is 29.3 Å². The van der Waals surface area contributed by atoms with Gasteiger partial charge in [-0.25, -0.2) is 9.78 Å². The van der Waals surface area contributed by atoms with Crippen molar-refractivity contribution >= 4 is 67.7 Å². The summed E-state index contributed by atoms with van der Waals surface area (Å²) < 4.78 is 6.50. The van der Waals surface area contributed by atoms with Crippen molar-refractivity contribution in [2.45, 2.75) is 52.6 Å². The molecule has 1 saturated heterocycles. The lowest BCUT2D eigenvalue weighted by atomic mass is 9.76. The molecule has 0 spiro atoms. The number of carbonyl (C=O) groups excluding carboxylic acids is 4. The lowest BCUT2D eigenvalue weighted by Gasteiger charge is -2.25. The third-order valence-electron chi connectivity index (χ3n) is 8.95. The third kappa shape index (κ3) is 5.93. The van der Waals surface area contributed by atoms with Crippen LogP contribution in [0.5, 0.6) is 0 Å². The molecule has 45 heavy (non-hydrogen) atoms. The van der Waals surface area contributed by atoms with Crippen molar-refractivity contribution in [1.29, 1.82) is 0 Å². The number of esters is 1. The Morgan fingerprint density at radius 3 is 2.38 bits per heavy atom. The van der Waals surface area contributed by atoms with Gasteiger partial charge in [-0.2, -0.15) is 0 Å². The highest BCUT2D eigenvalue weighted by Crippen LogP contribution is 2.42. The van der Waals surface area contributed by atoms with Gasteiger partial charge < -0.3 is 4.74 Å². The molecule has 4 aromatic rings. The summed E-state index contributed by atoms with van der Waals surface area (Å²) in [4.78, 5) is 59.5. The van der Waals surface area contributed by atoms with E-state index in [1.807, 2.05) is 19.1 Å². The molecule has 4 atom stereocenters. The maximum Gasteiger partial charge on any atom is 0.339 e. The first-order valence-electron chi connectivity index (χ1n) is 15.2. The number of aryl methyl sites for hydroxylation is 1. The van der Waals surface area contributed by atoms with E-state index in [4.69, 9.17) is 21.3 Å². The van der Waals surface area contributed by atoms with Gasteiger partial charge in [0.2, 0.25) is 17.6 Å². The maximum absolute atomic E-state index is 13.7. The molecule has 2 heterocycles. The van der Waals surface area contributed by atoms with Crippen LogP contribution in [-0.4, -0.2) is 34.7 Å². The highest BCUT2D eigenvalue weighted by atomic mass is 79.9. The molecule has 2 fully saturated rings. The number of imide groups is 1. The number of carbonyl (C=O) groups is 4. The third-order valence-corrected chi connectivity index (χ3v) is 9.66.